The van der Waals surface area contributed by atoms with E-state index in [2.05, 4.69) is 26.1 Å². The van der Waals surface area contributed by atoms with E-state index in [9.17, 15) is 9.59 Å². The standard InChI is InChI=1S/C24H35N3O2/c1-15(2)14-26-22(28)20-5-4-6-21(10-20)27(23(25)29)16(3)24-11-17-7-18(12-24)9-19(8-17)13-24/h4-6,10,15-19H,7-9,11-14H2,1-3H3,(H2,25,29)(H,26,28). The lowest BCUT2D eigenvalue weighted by atomic mass is 9.47. The number of nitrogens with one attached hydrogen (secondary N) is 1. The van der Waals surface area contributed by atoms with E-state index < -0.39 is 6.03 Å². The molecule has 0 radical (unpaired) electrons. The molecule has 1 atom stereocenters. The van der Waals surface area contributed by atoms with E-state index in [0.717, 1.165) is 23.4 Å². The second kappa shape index (κ2) is 7.66. The first-order valence-electron chi connectivity index (χ1n) is 11.2. The first kappa shape index (κ1) is 20.2. The second-order valence-corrected chi connectivity index (χ2v) is 10.3. The molecule has 1 aromatic rings. The zero-order valence-electron chi connectivity index (χ0n) is 18.0. The number of anilines is 1. The van der Waals surface area contributed by atoms with Crippen molar-refractivity contribution in [2.45, 2.75) is 65.3 Å². The maximum atomic E-state index is 12.6. The number of carbonyl (C=O) groups excluding carboxylic acids is 2. The number of benzene rings is 1. The first-order valence-corrected chi connectivity index (χ1v) is 11.2. The smallest absolute Gasteiger partial charge is 0.319 e. The Hall–Kier alpha value is -2.04. The van der Waals surface area contributed by atoms with Crippen molar-refractivity contribution in [3.8, 4) is 0 Å². The Bertz CT molecular complexity index is 753. The van der Waals surface area contributed by atoms with E-state index in [4.69, 9.17) is 5.73 Å². The zero-order chi connectivity index (χ0) is 20.8. The molecular weight excluding hydrogens is 362 g/mol. The molecule has 5 rings (SSSR count). The molecule has 0 heterocycles. The number of urea groups is 1. The topological polar surface area (TPSA) is 75.4 Å². The van der Waals surface area contributed by atoms with Crippen LogP contribution >= 0.6 is 0 Å². The summed E-state index contributed by atoms with van der Waals surface area (Å²) >= 11 is 0. The van der Waals surface area contributed by atoms with E-state index in [-0.39, 0.29) is 17.4 Å². The number of rotatable bonds is 6. The second-order valence-electron chi connectivity index (χ2n) is 10.3. The van der Waals surface area contributed by atoms with Gasteiger partial charge in [0.1, 0.15) is 0 Å². The molecule has 5 heteroatoms. The summed E-state index contributed by atoms with van der Waals surface area (Å²) in [5.74, 6) is 2.72. The number of primary amides is 1. The van der Waals surface area contributed by atoms with Crippen molar-refractivity contribution >= 4 is 17.6 Å². The maximum absolute atomic E-state index is 12.6. The Morgan fingerprint density at radius 1 is 1.10 bits per heavy atom. The van der Waals surface area contributed by atoms with Crippen LogP contribution < -0.4 is 16.0 Å². The van der Waals surface area contributed by atoms with E-state index >= 15 is 0 Å². The third-order valence-corrected chi connectivity index (χ3v) is 7.65. The molecule has 1 unspecified atom stereocenters. The van der Waals surface area contributed by atoms with E-state index in [1.807, 2.05) is 18.2 Å². The summed E-state index contributed by atoms with van der Waals surface area (Å²) in [7, 11) is 0. The fraction of sp³-hybridized carbons (Fsp3) is 0.667. The molecule has 3 amide bonds. The van der Waals surface area contributed by atoms with Crippen LogP contribution in [-0.2, 0) is 0 Å². The lowest BCUT2D eigenvalue weighted by molar-refractivity contribution is -0.0637. The molecule has 29 heavy (non-hydrogen) atoms. The number of nitrogens with two attached hydrogens (primary N) is 1. The van der Waals surface area contributed by atoms with Gasteiger partial charge in [-0.3, -0.25) is 9.69 Å². The van der Waals surface area contributed by atoms with Crippen LogP contribution in [0.25, 0.3) is 0 Å². The predicted octanol–water partition coefficient (Wildman–Crippen LogP) is 4.56. The molecule has 4 aliphatic carbocycles. The lowest BCUT2D eigenvalue weighted by Gasteiger charge is -2.60. The van der Waals surface area contributed by atoms with Gasteiger partial charge in [-0.15, -0.1) is 0 Å². The van der Waals surface area contributed by atoms with Crippen molar-refractivity contribution in [3.05, 3.63) is 29.8 Å². The SMILES string of the molecule is CC(C)CNC(=O)c1cccc(N(C(N)=O)C(C)C23CC4CC(CC(C4)C2)C3)c1. The van der Waals surface area contributed by atoms with Crippen LogP contribution in [0.3, 0.4) is 0 Å². The minimum atomic E-state index is -0.423. The van der Waals surface area contributed by atoms with E-state index in [0.29, 0.717) is 18.0 Å². The van der Waals surface area contributed by atoms with E-state index in [1.165, 1.54) is 38.5 Å². The van der Waals surface area contributed by atoms with Gasteiger partial charge in [-0.1, -0.05) is 19.9 Å². The third-order valence-electron chi connectivity index (χ3n) is 7.65. The van der Waals surface area contributed by atoms with Gasteiger partial charge in [-0.25, -0.2) is 4.79 Å². The quantitative estimate of drug-likeness (QED) is 0.738. The highest BCUT2D eigenvalue weighted by Gasteiger charge is 2.54. The first-order chi connectivity index (χ1) is 13.8. The van der Waals surface area contributed by atoms with Crippen molar-refractivity contribution < 1.29 is 9.59 Å². The Morgan fingerprint density at radius 3 is 2.21 bits per heavy atom. The molecule has 0 spiro atoms. The molecular formula is C24H35N3O2. The summed E-state index contributed by atoms with van der Waals surface area (Å²) in [6.45, 7) is 6.94. The van der Waals surface area contributed by atoms with Gasteiger partial charge in [0.05, 0.1) is 0 Å². The fourth-order valence-corrected chi connectivity index (χ4v) is 6.70. The van der Waals surface area contributed by atoms with Gasteiger partial charge in [-0.05, 0) is 92.7 Å². The number of nitrogens with zero attached hydrogens (tertiary/aromatic N) is 1. The van der Waals surface area contributed by atoms with Gasteiger partial charge in [0.15, 0.2) is 0 Å². The van der Waals surface area contributed by atoms with Gasteiger partial charge in [0.25, 0.3) is 5.91 Å². The van der Waals surface area contributed by atoms with Crippen LogP contribution in [-0.4, -0.2) is 24.5 Å². The van der Waals surface area contributed by atoms with Crippen LogP contribution in [0.1, 0.15) is 69.7 Å². The van der Waals surface area contributed by atoms with Crippen LogP contribution in [0, 0.1) is 29.1 Å². The zero-order valence-corrected chi connectivity index (χ0v) is 18.0. The molecule has 5 nitrogen and oxygen atoms in total. The minimum Gasteiger partial charge on any atom is -0.352 e. The summed E-state index contributed by atoms with van der Waals surface area (Å²) in [4.78, 5) is 26.9. The van der Waals surface area contributed by atoms with Crippen LogP contribution in [0.2, 0.25) is 0 Å². The summed E-state index contributed by atoms with van der Waals surface area (Å²) in [6, 6.07) is 6.99. The monoisotopic (exact) mass is 397 g/mol. The van der Waals surface area contributed by atoms with Gasteiger partial charge in [0.2, 0.25) is 0 Å². The number of hydrogen-bond donors (Lipinski definition) is 2. The highest BCUT2D eigenvalue weighted by Crippen LogP contribution is 2.62. The van der Waals surface area contributed by atoms with Gasteiger partial charge in [0, 0.05) is 23.8 Å². The Morgan fingerprint density at radius 2 is 1.69 bits per heavy atom. The number of carbonyl (C=O) groups is 2. The molecule has 0 aliphatic heterocycles. The molecule has 158 valence electrons. The number of amides is 3. The molecule has 4 fully saturated rings. The number of hydrogen-bond acceptors (Lipinski definition) is 2. The Labute approximate surface area is 174 Å². The van der Waals surface area contributed by atoms with E-state index in [1.54, 1.807) is 11.0 Å². The fourth-order valence-electron chi connectivity index (χ4n) is 6.70. The highest BCUT2D eigenvalue weighted by molar-refractivity contribution is 5.97. The average Bonchev–Trinajstić information content (AvgIpc) is 2.65. The summed E-state index contributed by atoms with van der Waals surface area (Å²) in [6.07, 6.45) is 7.73. The summed E-state index contributed by atoms with van der Waals surface area (Å²) in [5, 5.41) is 2.96. The van der Waals surface area contributed by atoms with Crippen LogP contribution in [0.4, 0.5) is 10.5 Å². The van der Waals surface area contributed by atoms with Crippen LogP contribution in [0.5, 0.6) is 0 Å². The maximum Gasteiger partial charge on any atom is 0.319 e. The molecule has 4 aliphatic rings. The van der Waals surface area contributed by atoms with Crippen molar-refractivity contribution in [2.75, 3.05) is 11.4 Å². The highest BCUT2D eigenvalue weighted by atomic mass is 16.2. The molecule has 0 saturated heterocycles. The summed E-state index contributed by atoms with van der Waals surface area (Å²) in [5.41, 5.74) is 7.38. The normalized spacial score (nSPS) is 31.0. The Balaban J connectivity index is 1.59. The van der Waals surface area contributed by atoms with Crippen molar-refractivity contribution in [2.24, 2.45) is 34.8 Å². The van der Waals surface area contributed by atoms with Crippen molar-refractivity contribution in [3.63, 3.8) is 0 Å². The van der Waals surface area contributed by atoms with Gasteiger partial charge in [-0.2, -0.15) is 0 Å². The molecule has 3 N–H and O–H groups in total. The summed E-state index contributed by atoms with van der Waals surface area (Å²) < 4.78 is 0. The lowest BCUT2D eigenvalue weighted by Crippen LogP contribution is -2.58. The average molecular weight is 398 g/mol. The van der Waals surface area contributed by atoms with Crippen molar-refractivity contribution in [1.82, 2.24) is 5.32 Å². The molecule has 4 saturated carbocycles. The third kappa shape index (κ3) is 3.88. The predicted molar refractivity (Wildman–Crippen MR) is 116 cm³/mol. The largest absolute Gasteiger partial charge is 0.352 e. The molecule has 0 aromatic heterocycles. The molecule has 1 aromatic carbocycles. The minimum absolute atomic E-state index is 0.0439. The van der Waals surface area contributed by atoms with Crippen LogP contribution in [0.15, 0.2) is 24.3 Å². The molecule has 4 bridgehead atoms. The van der Waals surface area contributed by atoms with Crippen molar-refractivity contribution in [1.29, 1.82) is 0 Å². The van der Waals surface area contributed by atoms with Gasteiger partial charge < -0.3 is 11.1 Å². The Kier molecular flexibility index (Phi) is 5.34. The van der Waals surface area contributed by atoms with Gasteiger partial charge >= 0.3 is 6.03 Å².